The second kappa shape index (κ2) is 4.87. The largest absolute Gasteiger partial charge is 0.299 e. The molecule has 1 aromatic heterocycles. The smallest absolute Gasteiger partial charge is 0.143 e. The predicted octanol–water partition coefficient (Wildman–Crippen LogP) is 2.94. The van der Waals surface area contributed by atoms with Crippen LogP contribution in [0.3, 0.4) is 0 Å². The highest BCUT2D eigenvalue weighted by Crippen LogP contribution is 2.23. The molecule has 3 heteroatoms. The topological polar surface area (TPSA) is 30.0 Å². The maximum Gasteiger partial charge on any atom is 0.143 e. The number of aromatic nitrogens is 1. The van der Waals surface area contributed by atoms with Gasteiger partial charge in [-0.25, -0.2) is 4.39 Å². The van der Waals surface area contributed by atoms with Gasteiger partial charge in [0, 0.05) is 6.20 Å². The molecule has 1 aromatic carbocycles. The SMILES string of the molecule is CC(=O)C(c1ccc(F)cc1)c1ccccn1. The van der Waals surface area contributed by atoms with Gasteiger partial charge in [-0.05, 0) is 36.8 Å². The Bertz CT molecular complexity index is 508. The van der Waals surface area contributed by atoms with Crippen LogP contribution in [-0.2, 0) is 4.79 Å². The maximum absolute atomic E-state index is 12.9. The average molecular weight is 229 g/mol. The molecule has 0 N–H and O–H groups in total. The lowest BCUT2D eigenvalue weighted by atomic mass is 9.92. The van der Waals surface area contributed by atoms with E-state index in [0.717, 1.165) is 5.56 Å². The molecule has 0 radical (unpaired) electrons. The van der Waals surface area contributed by atoms with E-state index in [0.29, 0.717) is 5.69 Å². The molecular formula is C14H12FNO. The second-order valence-corrected chi connectivity index (χ2v) is 3.85. The van der Waals surface area contributed by atoms with E-state index in [1.165, 1.54) is 19.1 Å². The monoisotopic (exact) mass is 229 g/mol. The van der Waals surface area contributed by atoms with Gasteiger partial charge in [0.2, 0.25) is 0 Å². The molecule has 0 fully saturated rings. The fraction of sp³-hybridized carbons (Fsp3) is 0.143. The van der Waals surface area contributed by atoms with Crippen molar-refractivity contribution < 1.29 is 9.18 Å². The molecule has 0 bridgehead atoms. The van der Waals surface area contributed by atoms with Gasteiger partial charge < -0.3 is 0 Å². The molecular weight excluding hydrogens is 217 g/mol. The molecule has 86 valence electrons. The number of halogens is 1. The van der Waals surface area contributed by atoms with Crippen molar-refractivity contribution >= 4 is 5.78 Å². The highest BCUT2D eigenvalue weighted by Gasteiger charge is 2.19. The second-order valence-electron chi connectivity index (χ2n) is 3.85. The highest BCUT2D eigenvalue weighted by molar-refractivity contribution is 5.86. The lowest BCUT2D eigenvalue weighted by Gasteiger charge is -2.13. The zero-order valence-electron chi connectivity index (χ0n) is 9.43. The maximum atomic E-state index is 12.9. The number of hydrogen-bond acceptors (Lipinski definition) is 2. The third kappa shape index (κ3) is 2.56. The summed E-state index contributed by atoms with van der Waals surface area (Å²) in [5, 5.41) is 0. The lowest BCUT2D eigenvalue weighted by Crippen LogP contribution is -2.12. The summed E-state index contributed by atoms with van der Waals surface area (Å²) in [7, 11) is 0. The highest BCUT2D eigenvalue weighted by atomic mass is 19.1. The molecule has 17 heavy (non-hydrogen) atoms. The van der Waals surface area contributed by atoms with E-state index in [4.69, 9.17) is 0 Å². The Labute approximate surface area is 99.1 Å². The minimum Gasteiger partial charge on any atom is -0.299 e. The number of rotatable bonds is 3. The Kier molecular flexibility index (Phi) is 3.28. The van der Waals surface area contributed by atoms with Gasteiger partial charge >= 0.3 is 0 Å². The molecule has 1 atom stereocenters. The number of nitrogens with zero attached hydrogens (tertiary/aromatic N) is 1. The van der Waals surface area contributed by atoms with Crippen molar-refractivity contribution in [3.63, 3.8) is 0 Å². The van der Waals surface area contributed by atoms with Crippen LogP contribution in [-0.4, -0.2) is 10.8 Å². The molecule has 0 saturated heterocycles. The van der Waals surface area contributed by atoms with E-state index in [2.05, 4.69) is 4.98 Å². The van der Waals surface area contributed by atoms with Crippen molar-refractivity contribution in [2.24, 2.45) is 0 Å². The summed E-state index contributed by atoms with van der Waals surface area (Å²) in [6.45, 7) is 1.52. The number of ketones is 1. The first-order valence-corrected chi connectivity index (χ1v) is 5.35. The van der Waals surface area contributed by atoms with Crippen molar-refractivity contribution in [2.75, 3.05) is 0 Å². The Morgan fingerprint density at radius 3 is 2.41 bits per heavy atom. The van der Waals surface area contributed by atoms with E-state index >= 15 is 0 Å². The first-order chi connectivity index (χ1) is 8.18. The van der Waals surface area contributed by atoms with Gasteiger partial charge in [-0.2, -0.15) is 0 Å². The van der Waals surface area contributed by atoms with E-state index in [9.17, 15) is 9.18 Å². The van der Waals surface area contributed by atoms with Crippen LogP contribution in [0.1, 0.15) is 24.1 Å². The van der Waals surface area contributed by atoms with Crippen molar-refractivity contribution in [3.8, 4) is 0 Å². The summed E-state index contributed by atoms with van der Waals surface area (Å²) in [6, 6.07) is 11.4. The molecule has 1 heterocycles. The fourth-order valence-electron chi connectivity index (χ4n) is 1.82. The number of pyridine rings is 1. The third-order valence-corrected chi connectivity index (χ3v) is 2.59. The summed E-state index contributed by atoms with van der Waals surface area (Å²) < 4.78 is 12.9. The summed E-state index contributed by atoms with van der Waals surface area (Å²) >= 11 is 0. The average Bonchev–Trinajstić information content (AvgIpc) is 2.33. The van der Waals surface area contributed by atoms with Crippen LogP contribution < -0.4 is 0 Å². The number of Topliss-reactive ketones (excluding diaryl/α,β-unsaturated/α-hetero) is 1. The van der Waals surface area contributed by atoms with E-state index in [1.807, 2.05) is 6.07 Å². The first kappa shape index (κ1) is 11.5. The molecule has 0 amide bonds. The number of carbonyl (C=O) groups excluding carboxylic acids is 1. The minimum absolute atomic E-state index is 0.00434. The Morgan fingerprint density at radius 1 is 1.18 bits per heavy atom. The Morgan fingerprint density at radius 2 is 1.88 bits per heavy atom. The molecule has 2 rings (SSSR count). The van der Waals surface area contributed by atoms with Crippen molar-refractivity contribution in [2.45, 2.75) is 12.8 Å². The number of benzene rings is 1. The minimum atomic E-state index is -0.420. The van der Waals surface area contributed by atoms with Crippen LogP contribution in [0.25, 0.3) is 0 Å². The summed E-state index contributed by atoms with van der Waals surface area (Å²) in [5.41, 5.74) is 1.45. The molecule has 0 aliphatic rings. The normalized spacial score (nSPS) is 12.1. The molecule has 2 nitrogen and oxygen atoms in total. The van der Waals surface area contributed by atoms with Gasteiger partial charge in [0.05, 0.1) is 11.6 Å². The quantitative estimate of drug-likeness (QED) is 0.810. The van der Waals surface area contributed by atoms with Gasteiger partial charge in [-0.1, -0.05) is 18.2 Å². The van der Waals surface area contributed by atoms with Crippen molar-refractivity contribution in [1.82, 2.24) is 4.98 Å². The number of hydrogen-bond donors (Lipinski definition) is 0. The molecule has 0 aliphatic carbocycles. The predicted molar refractivity (Wildman–Crippen MR) is 63.2 cm³/mol. The van der Waals surface area contributed by atoms with Gasteiger partial charge in [0.25, 0.3) is 0 Å². The van der Waals surface area contributed by atoms with Crippen LogP contribution in [0.5, 0.6) is 0 Å². The van der Waals surface area contributed by atoms with Crippen LogP contribution >= 0.6 is 0 Å². The molecule has 0 saturated carbocycles. The molecule has 0 aliphatic heterocycles. The van der Waals surface area contributed by atoms with Crippen LogP contribution in [0.4, 0.5) is 4.39 Å². The Hall–Kier alpha value is -2.03. The molecule has 1 unspecified atom stereocenters. The third-order valence-electron chi connectivity index (χ3n) is 2.59. The van der Waals surface area contributed by atoms with Crippen molar-refractivity contribution in [1.29, 1.82) is 0 Å². The van der Waals surface area contributed by atoms with Gasteiger partial charge in [-0.15, -0.1) is 0 Å². The van der Waals surface area contributed by atoms with E-state index in [1.54, 1.807) is 30.5 Å². The zero-order valence-corrected chi connectivity index (χ0v) is 9.43. The Balaban J connectivity index is 2.43. The van der Waals surface area contributed by atoms with Gasteiger partial charge in [0.1, 0.15) is 11.6 Å². The van der Waals surface area contributed by atoms with Crippen LogP contribution in [0.15, 0.2) is 48.7 Å². The molecule has 0 spiro atoms. The summed E-state index contributed by atoms with van der Waals surface area (Å²) in [6.07, 6.45) is 1.65. The van der Waals surface area contributed by atoms with Gasteiger partial charge in [-0.3, -0.25) is 9.78 Å². The van der Waals surface area contributed by atoms with Crippen LogP contribution in [0.2, 0.25) is 0 Å². The number of carbonyl (C=O) groups is 1. The standard InChI is InChI=1S/C14H12FNO/c1-10(17)14(13-4-2-3-9-16-13)11-5-7-12(15)8-6-11/h2-9,14H,1H3. The summed E-state index contributed by atoms with van der Waals surface area (Å²) in [4.78, 5) is 15.9. The van der Waals surface area contributed by atoms with E-state index < -0.39 is 5.92 Å². The van der Waals surface area contributed by atoms with Crippen molar-refractivity contribution in [3.05, 3.63) is 65.7 Å². The molecule has 2 aromatic rings. The fourth-order valence-corrected chi connectivity index (χ4v) is 1.82. The van der Waals surface area contributed by atoms with Crippen LogP contribution in [0, 0.1) is 5.82 Å². The lowest BCUT2D eigenvalue weighted by molar-refractivity contribution is -0.117. The van der Waals surface area contributed by atoms with E-state index in [-0.39, 0.29) is 11.6 Å². The first-order valence-electron chi connectivity index (χ1n) is 5.35. The summed E-state index contributed by atoms with van der Waals surface area (Å²) in [5.74, 6) is -0.732. The van der Waals surface area contributed by atoms with Gasteiger partial charge in [0.15, 0.2) is 0 Å². The zero-order chi connectivity index (χ0) is 12.3.